The molecular formula is C14H18N4O2S. The van der Waals surface area contributed by atoms with Crippen LogP contribution in [0, 0.1) is 6.92 Å². The fraction of sp³-hybridized carbons (Fsp3) is 0.286. The highest BCUT2D eigenvalue weighted by Crippen LogP contribution is 2.20. The topological polar surface area (TPSA) is 92.8 Å². The van der Waals surface area contributed by atoms with E-state index >= 15 is 0 Å². The van der Waals surface area contributed by atoms with Gasteiger partial charge in [0, 0.05) is 24.2 Å². The Hall–Kier alpha value is -2.12. The Labute approximate surface area is 127 Å². The van der Waals surface area contributed by atoms with Gasteiger partial charge in [-0.3, -0.25) is 0 Å². The van der Waals surface area contributed by atoms with Gasteiger partial charge in [-0.2, -0.15) is 0 Å². The zero-order valence-electron chi connectivity index (χ0n) is 12.0. The van der Waals surface area contributed by atoms with Crippen LogP contribution in [-0.2, 0) is 13.1 Å². The van der Waals surface area contributed by atoms with Gasteiger partial charge in [-0.25, -0.2) is 4.98 Å². The summed E-state index contributed by atoms with van der Waals surface area (Å²) in [5.41, 5.74) is 7.23. The van der Waals surface area contributed by atoms with Gasteiger partial charge in [0.2, 0.25) is 0 Å². The van der Waals surface area contributed by atoms with Gasteiger partial charge >= 0.3 is 0 Å². The second kappa shape index (κ2) is 7.05. The van der Waals surface area contributed by atoms with Crippen molar-refractivity contribution in [1.29, 1.82) is 0 Å². The maximum Gasteiger partial charge on any atom is 0.173 e. The van der Waals surface area contributed by atoms with E-state index in [9.17, 15) is 0 Å². The van der Waals surface area contributed by atoms with Crippen molar-refractivity contribution in [1.82, 2.24) is 10.3 Å². The number of methoxy groups -OCH3 is 1. The molecule has 1 aromatic carbocycles. The van der Waals surface area contributed by atoms with Crippen LogP contribution >= 0.6 is 11.3 Å². The van der Waals surface area contributed by atoms with E-state index in [4.69, 9.17) is 15.7 Å². The standard InChI is InChI=1S/C14H18N4O2S/c1-9-17-8-11(21-9)7-16-6-10-3-4-12(14(15)18-19)13(5-10)20-2/h3-5,8,16,19H,6-7H2,1-2H3,(H2,15,18). The van der Waals surface area contributed by atoms with E-state index in [-0.39, 0.29) is 5.84 Å². The molecule has 0 radical (unpaired) electrons. The van der Waals surface area contributed by atoms with E-state index in [1.54, 1.807) is 24.5 Å². The number of aromatic nitrogens is 1. The van der Waals surface area contributed by atoms with Crippen LogP contribution in [0.5, 0.6) is 5.75 Å². The number of nitrogens with one attached hydrogen (secondary N) is 1. The molecule has 21 heavy (non-hydrogen) atoms. The zero-order valence-corrected chi connectivity index (χ0v) is 12.8. The first-order valence-electron chi connectivity index (χ1n) is 6.41. The lowest BCUT2D eigenvalue weighted by Gasteiger charge is -2.10. The van der Waals surface area contributed by atoms with Crippen molar-refractivity contribution in [3.63, 3.8) is 0 Å². The predicted molar refractivity (Wildman–Crippen MR) is 82.9 cm³/mol. The van der Waals surface area contributed by atoms with Crippen molar-refractivity contribution in [2.75, 3.05) is 7.11 Å². The number of rotatable bonds is 6. The minimum absolute atomic E-state index is 0.0338. The van der Waals surface area contributed by atoms with Gasteiger partial charge in [0.25, 0.3) is 0 Å². The molecule has 2 aromatic rings. The number of nitrogens with zero attached hydrogens (tertiary/aromatic N) is 2. The molecule has 0 aliphatic heterocycles. The maximum absolute atomic E-state index is 8.74. The number of oxime groups is 1. The molecule has 6 nitrogen and oxygen atoms in total. The summed E-state index contributed by atoms with van der Waals surface area (Å²) in [6, 6.07) is 5.57. The zero-order chi connectivity index (χ0) is 15.2. The average Bonchev–Trinajstić information content (AvgIpc) is 2.91. The molecule has 0 spiro atoms. The Balaban J connectivity index is 2.00. The smallest absolute Gasteiger partial charge is 0.173 e. The van der Waals surface area contributed by atoms with Crippen molar-refractivity contribution in [2.24, 2.45) is 10.9 Å². The van der Waals surface area contributed by atoms with Gasteiger partial charge in [-0.15, -0.1) is 11.3 Å². The van der Waals surface area contributed by atoms with Gasteiger partial charge in [0.05, 0.1) is 17.7 Å². The van der Waals surface area contributed by atoms with Crippen molar-refractivity contribution in [3.8, 4) is 5.75 Å². The molecule has 7 heteroatoms. The average molecular weight is 306 g/mol. The van der Waals surface area contributed by atoms with Crippen LogP contribution in [0.4, 0.5) is 0 Å². The second-order valence-corrected chi connectivity index (χ2v) is 5.79. The van der Waals surface area contributed by atoms with Gasteiger partial charge < -0.3 is 21.0 Å². The fourth-order valence-electron chi connectivity index (χ4n) is 1.93. The van der Waals surface area contributed by atoms with Crippen molar-refractivity contribution in [3.05, 3.63) is 45.4 Å². The first-order valence-corrected chi connectivity index (χ1v) is 7.22. The molecule has 0 unspecified atom stereocenters. The van der Waals surface area contributed by atoms with Crippen LogP contribution in [0.3, 0.4) is 0 Å². The van der Waals surface area contributed by atoms with Crippen LogP contribution < -0.4 is 15.8 Å². The van der Waals surface area contributed by atoms with E-state index in [1.165, 1.54) is 4.88 Å². The summed E-state index contributed by atoms with van der Waals surface area (Å²) in [4.78, 5) is 5.42. The van der Waals surface area contributed by atoms with Crippen LogP contribution in [-0.4, -0.2) is 23.1 Å². The van der Waals surface area contributed by atoms with Crippen molar-refractivity contribution in [2.45, 2.75) is 20.0 Å². The third-order valence-corrected chi connectivity index (χ3v) is 3.86. The van der Waals surface area contributed by atoms with Gasteiger partial charge in [-0.1, -0.05) is 11.2 Å². The van der Waals surface area contributed by atoms with Crippen LogP contribution in [0.15, 0.2) is 29.6 Å². The molecule has 1 aromatic heterocycles. The molecule has 0 fully saturated rings. The lowest BCUT2D eigenvalue weighted by atomic mass is 10.1. The maximum atomic E-state index is 8.74. The van der Waals surface area contributed by atoms with Crippen molar-refractivity contribution >= 4 is 17.2 Å². The van der Waals surface area contributed by atoms with Crippen LogP contribution in [0.25, 0.3) is 0 Å². The molecule has 2 rings (SSSR count). The largest absolute Gasteiger partial charge is 0.496 e. The Morgan fingerprint density at radius 1 is 1.48 bits per heavy atom. The molecule has 0 atom stereocenters. The SMILES string of the molecule is COc1cc(CNCc2cnc(C)s2)ccc1/C(N)=N/O. The van der Waals surface area contributed by atoms with E-state index in [2.05, 4.69) is 15.5 Å². The van der Waals surface area contributed by atoms with Crippen molar-refractivity contribution < 1.29 is 9.94 Å². The third kappa shape index (κ3) is 3.93. The summed E-state index contributed by atoms with van der Waals surface area (Å²) in [6.07, 6.45) is 1.88. The molecule has 0 aliphatic rings. The van der Waals surface area contributed by atoms with Gasteiger partial charge in [0.1, 0.15) is 5.75 Å². The fourth-order valence-corrected chi connectivity index (χ4v) is 2.69. The number of aryl methyl sites for hydroxylation is 1. The Bertz CT molecular complexity index is 640. The minimum atomic E-state index is 0.0338. The summed E-state index contributed by atoms with van der Waals surface area (Å²) in [5, 5.41) is 16.1. The highest BCUT2D eigenvalue weighted by molar-refractivity contribution is 7.11. The highest BCUT2D eigenvalue weighted by Gasteiger charge is 2.08. The molecular weight excluding hydrogens is 288 g/mol. The summed E-state index contributed by atoms with van der Waals surface area (Å²) >= 11 is 1.68. The minimum Gasteiger partial charge on any atom is -0.496 e. The molecule has 0 bridgehead atoms. The molecule has 112 valence electrons. The summed E-state index contributed by atoms with van der Waals surface area (Å²) in [7, 11) is 1.56. The summed E-state index contributed by atoms with van der Waals surface area (Å²) < 4.78 is 5.27. The molecule has 0 saturated heterocycles. The van der Waals surface area contributed by atoms with E-state index in [1.807, 2.05) is 25.3 Å². The first-order chi connectivity index (χ1) is 10.1. The Morgan fingerprint density at radius 3 is 2.90 bits per heavy atom. The number of hydrogen-bond donors (Lipinski definition) is 3. The molecule has 0 aliphatic carbocycles. The van der Waals surface area contributed by atoms with E-state index in [0.29, 0.717) is 17.9 Å². The number of hydrogen-bond acceptors (Lipinski definition) is 6. The van der Waals surface area contributed by atoms with Crippen LogP contribution in [0.1, 0.15) is 21.0 Å². The molecule has 0 saturated carbocycles. The summed E-state index contributed by atoms with van der Waals surface area (Å²) in [5.74, 6) is 0.615. The van der Waals surface area contributed by atoms with Gasteiger partial charge in [-0.05, 0) is 24.6 Å². The normalized spacial score (nSPS) is 11.6. The number of thiazole rings is 1. The number of nitrogens with two attached hydrogens (primary N) is 1. The molecule has 4 N–H and O–H groups in total. The lowest BCUT2D eigenvalue weighted by molar-refractivity contribution is 0.318. The number of amidine groups is 1. The molecule has 1 heterocycles. The van der Waals surface area contributed by atoms with E-state index < -0.39 is 0 Å². The Kier molecular flexibility index (Phi) is 5.13. The molecule has 0 amide bonds. The lowest BCUT2D eigenvalue weighted by Crippen LogP contribution is -2.16. The highest BCUT2D eigenvalue weighted by atomic mass is 32.1. The van der Waals surface area contributed by atoms with Crippen LogP contribution in [0.2, 0.25) is 0 Å². The second-order valence-electron chi connectivity index (χ2n) is 4.47. The third-order valence-electron chi connectivity index (χ3n) is 2.95. The Morgan fingerprint density at radius 2 is 2.29 bits per heavy atom. The number of ether oxygens (including phenoxy) is 1. The quantitative estimate of drug-likeness (QED) is 0.328. The van der Waals surface area contributed by atoms with Gasteiger partial charge in [0.15, 0.2) is 5.84 Å². The predicted octanol–water partition coefficient (Wildman–Crippen LogP) is 1.84. The monoisotopic (exact) mass is 306 g/mol. The summed E-state index contributed by atoms with van der Waals surface area (Å²) in [6.45, 7) is 3.46. The number of benzene rings is 1. The van der Waals surface area contributed by atoms with E-state index in [0.717, 1.165) is 17.1 Å². The first kappa shape index (κ1) is 15.3.